The second-order valence-corrected chi connectivity index (χ2v) is 8.43. The summed E-state index contributed by atoms with van der Waals surface area (Å²) in [6, 6.07) is 8.83. The maximum Gasteiger partial charge on any atom is 0.326 e. The van der Waals surface area contributed by atoms with E-state index in [4.69, 9.17) is 4.74 Å². The van der Waals surface area contributed by atoms with Gasteiger partial charge in [-0.1, -0.05) is 57.0 Å². The standard InChI is InChI=1S/C22H29N3O5/c1-15(2)12-17(16-8-4-3-5-9-16)23-18(26)14-30-19(27)13-25-20(28)22(24-21(25)29)10-6-7-11-22/h3-5,8-9,15,17H,6-7,10-14H2,1-2H3,(H,23,26)(H,24,29)/t17-/m0/s1. The zero-order chi connectivity index (χ0) is 21.7. The molecule has 30 heavy (non-hydrogen) atoms. The first-order valence-electron chi connectivity index (χ1n) is 10.4. The average molecular weight is 415 g/mol. The number of amides is 4. The summed E-state index contributed by atoms with van der Waals surface area (Å²) in [6.45, 7) is 3.18. The van der Waals surface area contributed by atoms with Gasteiger partial charge in [0.2, 0.25) is 0 Å². The number of benzene rings is 1. The monoisotopic (exact) mass is 415 g/mol. The molecule has 2 fully saturated rings. The molecule has 1 atom stereocenters. The molecular formula is C22H29N3O5. The molecule has 2 aliphatic rings. The summed E-state index contributed by atoms with van der Waals surface area (Å²) in [5.74, 6) is -1.24. The van der Waals surface area contributed by atoms with Crippen molar-refractivity contribution in [1.82, 2.24) is 15.5 Å². The Morgan fingerprint density at radius 3 is 2.47 bits per heavy atom. The van der Waals surface area contributed by atoms with E-state index in [2.05, 4.69) is 24.5 Å². The number of nitrogens with one attached hydrogen (secondary N) is 2. The normalized spacial score (nSPS) is 18.6. The summed E-state index contributed by atoms with van der Waals surface area (Å²) in [5.41, 5.74) is 0.112. The van der Waals surface area contributed by atoms with Crippen molar-refractivity contribution in [1.29, 1.82) is 0 Å². The van der Waals surface area contributed by atoms with Gasteiger partial charge >= 0.3 is 12.0 Å². The van der Waals surface area contributed by atoms with Crippen LogP contribution in [-0.4, -0.2) is 47.4 Å². The van der Waals surface area contributed by atoms with Crippen molar-refractivity contribution >= 4 is 23.8 Å². The lowest BCUT2D eigenvalue weighted by atomic mass is 9.97. The fourth-order valence-corrected chi connectivity index (χ4v) is 4.13. The third kappa shape index (κ3) is 4.98. The number of hydrogen-bond donors (Lipinski definition) is 2. The van der Waals surface area contributed by atoms with Crippen molar-refractivity contribution in [2.45, 2.75) is 57.5 Å². The minimum atomic E-state index is -0.867. The molecule has 0 bridgehead atoms. The lowest BCUT2D eigenvalue weighted by Crippen LogP contribution is -2.44. The fourth-order valence-electron chi connectivity index (χ4n) is 4.13. The largest absolute Gasteiger partial charge is 0.454 e. The summed E-state index contributed by atoms with van der Waals surface area (Å²) in [6.07, 6.45) is 3.64. The SMILES string of the molecule is CC(C)C[C@H](NC(=O)COC(=O)CN1C(=O)NC2(CCCC2)C1=O)c1ccccc1. The molecule has 8 nitrogen and oxygen atoms in total. The van der Waals surface area contributed by atoms with Crippen LogP contribution in [0.2, 0.25) is 0 Å². The van der Waals surface area contributed by atoms with Gasteiger partial charge in [-0.15, -0.1) is 0 Å². The van der Waals surface area contributed by atoms with Crippen LogP contribution in [0.15, 0.2) is 30.3 Å². The number of rotatable bonds is 8. The highest BCUT2D eigenvalue weighted by Crippen LogP contribution is 2.34. The predicted octanol–water partition coefficient (Wildman–Crippen LogP) is 2.30. The van der Waals surface area contributed by atoms with Gasteiger partial charge in [-0.2, -0.15) is 0 Å². The van der Waals surface area contributed by atoms with Crippen LogP contribution in [0.3, 0.4) is 0 Å². The van der Waals surface area contributed by atoms with Crippen molar-refractivity contribution < 1.29 is 23.9 Å². The minimum absolute atomic E-state index is 0.189. The predicted molar refractivity (Wildman–Crippen MR) is 109 cm³/mol. The maximum atomic E-state index is 12.6. The molecule has 0 aromatic heterocycles. The van der Waals surface area contributed by atoms with Crippen LogP contribution in [0.25, 0.3) is 0 Å². The van der Waals surface area contributed by atoms with E-state index < -0.39 is 36.6 Å². The van der Waals surface area contributed by atoms with E-state index >= 15 is 0 Å². The summed E-state index contributed by atoms with van der Waals surface area (Å²) >= 11 is 0. The highest BCUT2D eigenvalue weighted by Gasteiger charge is 2.52. The van der Waals surface area contributed by atoms with Crippen LogP contribution >= 0.6 is 0 Å². The third-order valence-electron chi connectivity index (χ3n) is 5.60. The smallest absolute Gasteiger partial charge is 0.326 e. The zero-order valence-electron chi connectivity index (χ0n) is 17.5. The molecule has 1 spiro atoms. The summed E-state index contributed by atoms with van der Waals surface area (Å²) in [7, 11) is 0. The molecule has 162 valence electrons. The van der Waals surface area contributed by atoms with Crippen molar-refractivity contribution in [3.8, 4) is 0 Å². The van der Waals surface area contributed by atoms with Crippen LogP contribution in [0.4, 0.5) is 4.79 Å². The van der Waals surface area contributed by atoms with E-state index in [1.807, 2.05) is 30.3 Å². The molecule has 1 aliphatic carbocycles. The second-order valence-electron chi connectivity index (χ2n) is 8.43. The first-order valence-corrected chi connectivity index (χ1v) is 10.4. The van der Waals surface area contributed by atoms with Gasteiger partial charge in [0.15, 0.2) is 6.61 Å². The Kier molecular flexibility index (Phi) is 6.74. The fraction of sp³-hybridized carbons (Fsp3) is 0.545. The lowest BCUT2D eigenvalue weighted by molar-refractivity contribution is -0.151. The van der Waals surface area contributed by atoms with Crippen LogP contribution in [-0.2, 0) is 19.1 Å². The van der Waals surface area contributed by atoms with Gasteiger partial charge < -0.3 is 15.4 Å². The van der Waals surface area contributed by atoms with E-state index in [0.717, 1.165) is 29.7 Å². The number of hydrogen-bond acceptors (Lipinski definition) is 5. The highest BCUT2D eigenvalue weighted by atomic mass is 16.5. The average Bonchev–Trinajstić information content (AvgIpc) is 3.27. The summed E-state index contributed by atoms with van der Waals surface area (Å²) in [5, 5.41) is 5.61. The van der Waals surface area contributed by atoms with Gasteiger partial charge in [-0.25, -0.2) is 4.79 Å². The quantitative estimate of drug-likeness (QED) is 0.501. The van der Waals surface area contributed by atoms with Crippen molar-refractivity contribution in [2.24, 2.45) is 5.92 Å². The Labute approximate surface area is 176 Å². The Balaban J connectivity index is 1.51. The van der Waals surface area contributed by atoms with Crippen LogP contribution in [0.1, 0.15) is 57.6 Å². The van der Waals surface area contributed by atoms with E-state index in [0.29, 0.717) is 18.8 Å². The molecule has 1 aromatic carbocycles. The highest BCUT2D eigenvalue weighted by molar-refractivity contribution is 6.08. The molecule has 1 heterocycles. The molecule has 8 heteroatoms. The molecule has 1 aliphatic heterocycles. The van der Waals surface area contributed by atoms with Crippen molar-refractivity contribution in [3.63, 3.8) is 0 Å². The number of esters is 1. The number of nitrogens with zero attached hydrogens (tertiary/aromatic N) is 1. The van der Waals surface area contributed by atoms with E-state index in [9.17, 15) is 19.2 Å². The molecule has 1 aromatic rings. The van der Waals surface area contributed by atoms with E-state index in [-0.39, 0.29) is 11.9 Å². The number of urea groups is 1. The van der Waals surface area contributed by atoms with Gasteiger partial charge in [-0.3, -0.25) is 19.3 Å². The summed E-state index contributed by atoms with van der Waals surface area (Å²) in [4.78, 5) is 50.1. The van der Waals surface area contributed by atoms with Crippen LogP contribution in [0, 0.1) is 5.92 Å². The molecular weight excluding hydrogens is 386 g/mol. The van der Waals surface area contributed by atoms with Crippen molar-refractivity contribution in [2.75, 3.05) is 13.2 Å². The summed E-state index contributed by atoms with van der Waals surface area (Å²) < 4.78 is 5.03. The van der Waals surface area contributed by atoms with E-state index in [1.165, 1.54) is 0 Å². The van der Waals surface area contributed by atoms with Crippen LogP contribution < -0.4 is 10.6 Å². The second kappa shape index (κ2) is 9.28. The molecule has 1 saturated carbocycles. The first-order chi connectivity index (χ1) is 14.3. The number of carbonyl (C=O) groups excluding carboxylic acids is 4. The third-order valence-corrected chi connectivity index (χ3v) is 5.60. The molecule has 4 amide bonds. The Morgan fingerprint density at radius 2 is 1.83 bits per heavy atom. The van der Waals surface area contributed by atoms with Crippen molar-refractivity contribution in [3.05, 3.63) is 35.9 Å². The van der Waals surface area contributed by atoms with Gasteiger partial charge in [0.25, 0.3) is 11.8 Å². The van der Waals surface area contributed by atoms with Gasteiger partial charge in [0.1, 0.15) is 12.1 Å². The maximum absolute atomic E-state index is 12.6. The van der Waals surface area contributed by atoms with Gasteiger partial charge in [0, 0.05) is 0 Å². The molecule has 3 rings (SSSR count). The first kappa shape index (κ1) is 21.8. The molecule has 2 N–H and O–H groups in total. The topological polar surface area (TPSA) is 105 Å². The Hall–Kier alpha value is -2.90. The lowest BCUT2D eigenvalue weighted by Gasteiger charge is -2.21. The number of ether oxygens (including phenoxy) is 1. The Morgan fingerprint density at radius 1 is 1.17 bits per heavy atom. The van der Waals surface area contributed by atoms with Crippen LogP contribution in [0.5, 0.6) is 0 Å². The number of carbonyl (C=O) groups is 4. The molecule has 0 unspecified atom stereocenters. The van der Waals surface area contributed by atoms with Gasteiger partial charge in [0.05, 0.1) is 6.04 Å². The zero-order valence-corrected chi connectivity index (χ0v) is 17.5. The molecule has 0 radical (unpaired) electrons. The minimum Gasteiger partial charge on any atom is -0.454 e. The number of imide groups is 1. The van der Waals surface area contributed by atoms with Gasteiger partial charge in [-0.05, 0) is 30.7 Å². The van der Waals surface area contributed by atoms with E-state index in [1.54, 1.807) is 0 Å². The molecule has 1 saturated heterocycles. The Bertz CT molecular complexity index is 802.